The van der Waals surface area contributed by atoms with E-state index in [9.17, 15) is 0 Å². The summed E-state index contributed by atoms with van der Waals surface area (Å²) in [5.74, 6) is 10.4. The average Bonchev–Trinajstić information content (AvgIpc) is 1.95. The molecule has 0 unspecified atom stereocenters. The number of hydrogen-bond donors (Lipinski definition) is 2. The van der Waals surface area contributed by atoms with Crippen LogP contribution in [0, 0.1) is 5.41 Å². The van der Waals surface area contributed by atoms with Crippen LogP contribution in [-0.2, 0) is 0 Å². The van der Waals surface area contributed by atoms with Gasteiger partial charge in [0.25, 0.3) is 0 Å². The Morgan fingerprint density at radius 1 is 1.25 bits per heavy atom. The predicted octanol–water partition coefficient (Wildman–Crippen LogP) is 0.659. The molecule has 0 aliphatic rings. The smallest absolute Gasteiger partial charge is 0.175 e. The molecule has 0 radical (unpaired) electrons. The monoisotopic (exact) mass is 170 g/mol. The van der Waals surface area contributed by atoms with Crippen LogP contribution in [0.25, 0.3) is 0 Å². The Kier molecular flexibility index (Phi) is 3.89. The standard InChI is InChI=1S/C6H14N6/c1-6(2,3)5(11-8)12-10-4-9-7/h4H,7-8H2,1-3H3/b9-4+,11-5+,12-10+. The van der Waals surface area contributed by atoms with E-state index in [2.05, 4.69) is 20.4 Å². The summed E-state index contributed by atoms with van der Waals surface area (Å²) in [6.45, 7) is 5.78. The number of amidine groups is 1. The third-order valence-electron chi connectivity index (χ3n) is 1.06. The highest BCUT2D eigenvalue weighted by atomic mass is 15.3. The van der Waals surface area contributed by atoms with Gasteiger partial charge in [0.15, 0.2) is 12.2 Å². The van der Waals surface area contributed by atoms with Crippen molar-refractivity contribution >= 4 is 12.2 Å². The SMILES string of the molecule is CC(C)(C)C(/N=N/C=N/N)=N\N. The second-order valence-electron chi connectivity index (χ2n) is 3.18. The van der Waals surface area contributed by atoms with Crippen LogP contribution in [0.15, 0.2) is 20.4 Å². The van der Waals surface area contributed by atoms with Crippen molar-refractivity contribution in [3.8, 4) is 0 Å². The van der Waals surface area contributed by atoms with Crippen LogP contribution in [0.1, 0.15) is 20.8 Å². The topological polar surface area (TPSA) is 101 Å². The zero-order valence-electron chi connectivity index (χ0n) is 7.52. The van der Waals surface area contributed by atoms with E-state index in [0.29, 0.717) is 5.84 Å². The fraction of sp³-hybridized carbons (Fsp3) is 0.667. The van der Waals surface area contributed by atoms with E-state index in [1.807, 2.05) is 20.8 Å². The maximum Gasteiger partial charge on any atom is 0.175 e. The zero-order valence-corrected chi connectivity index (χ0v) is 7.52. The first-order valence-corrected chi connectivity index (χ1v) is 3.43. The fourth-order valence-corrected chi connectivity index (χ4v) is 0.480. The molecule has 0 aliphatic heterocycles. The third kappa shape index (κ3) is 3.65. The van der Waals surface area contributed by atoms with Crippen molar-refractivity contribution in [3.63, 3.8) is 0 Å². The Morgan fingerprint density at radius 3 is 2.17 bits per heavy atom. The molecule has 6 nitrogen and oxygen atoms in total. The summed E-state index contributed by atoms with van der Waals surface area (Å²) in [4.78, 5) is 0. The lowest BCUT2D eigenvalue weighted by Crippen LogP contribution is -2.19. The number of rotatable bonds is 1. The Hall–Kier alpha value is -1.46. The maximum absolute atomic E-state index is 5.10. The lowest BCUT2D eigenvalue weighted by molar-refractivity contribution is 0.580. The van der Waals surface area contributed by atoms with Gasteiger partial charge < -0.3 is 11.7 Å². The van der Waals surface area contributed by atoms with Gasteiger partial charge in [-0.05, 0) is 0 Å². The molecule has 68 valence electrons. The van der Waals surface area contributed by atoms with Gasteiger partial charge in [0.05, 0.1) is 0 Å². The molecule has 0 aromatic heterocycles. The third-order valence-corrected chi connectivity index (χ3v) is 1.06. The largest absolute Gasteiger partial charge is 0.322 e. The van der Waals surface area contributed by atoms with E-state index in [4.69, 9.17) is 11.7 Å². The second-order valence-corrected chi connectivity index (χ2v) is 3.18. The zero-order chi connectivity index (χ0) is 9.61. The second kappa shape index (κ2) is 4.42. The Bertz CT molecular complexity index is 209. The molecule has 12 heavy (non-hydrogen) atoms. The minimum atomic E-state index is -0.222. The molecule has 0 atom stereocenters. The molecular formula is C6H14N6. The molecular weight excluding hydrogens is 156 g/mol. The van der Waals surface area contributed by atoms with Crippen LogP contribution in [0.3, 0.4) is 0 Å². The number of azo groups is 1. The van der Waals surface area contributed by atoms with Gasteiger partial charge in [0, 0.05) is 5.41 Å². The summed E-state index contributed by atoms with van der Waals surface area (Å²) in [5.41, 5.74) is -0.222. The molecule has 0 rings (SSSR count). The van der Waals surface area contributed by atoms with Crippen molar-refractivity contribution in [1.29, 1.82) is 0 Å². The first-order valence-electron chi connectivity index (χ1n) is 3.43. The van der Waals surface area contributed by atoms with Crippen molar-refractivity contribution in [2.24, 2.45) is 37.5 Å². The van der Waals surface area contributed by atoms with Crippen molar-refractivity contribution in [2.45, 2.75) is 20.8 Å². The van der Waals surface area contributed by atoms with E-state index < -0.39 is 0 Å². The average molecular weight is 170 g/mol. The summed E-state index contributed by atoms with van der Waals surface area (Å²) in [6, 6.07) is 0. The molecule has 0 amide bonds. The summed E-state index contributed by atoms with van der Waals surface area (Å²) in [5, 5.41) is 13.9. The molecule has 0 aromatic rings. The molecule has 0 fully saturated rings. The first kappa shape index (κ1) is 10.5. The fourth-order valence-electron chi connectivity index (χ4n) is 0.480. The van der Waals surface area contributed by atoms with Gasteiger partial charge in [-0.1, -0.05) is 20.8 Å². The highest BCUT2D eigenvalue weighted by molar-refractivity contribution is 5.87. The molecule has 0 saturated carbocycles. The quantitative estimate of drug-likeness (QED) is 0.198. The lowest BCUT2D eigenvalue weighted by atomic mass is 9.96. The van der Waals surface area contributed by atoms with Crippen molar-refractivity contribution in [3.05, 3.63) is 0 Å². The molecule has 0 spiro atoms. The lowest BCUT2D eigenvalue weighted by Gasteiger charge is -2.14. The number of nitrogens with two attached hydrogens (primary N) is 2. The van der Waals surface area contributed by atoms with Crippen molar-refractivity contribution in [1.82, 2.24) is 0 Å². The van der Waals surface area contributed by atoms with Gasteiger partial charge >= 0.3 is 0 Å². The van der Waals surface area contributed by atoms with E-state index in [-0.39, 0.29) is 5.41 Å². The Morgan fingerprint density at radius 2 is 1.83 bits per heavy atom. The Balaban J connectivity index is 4.41. The van der Waals surface area contributed by atoms with E-state index in [1.165, 1.54) is 0 Å². The number of nitrogens with zero attached hydrogens (tertiary/aromatic N) is 4. The molecule has 6 heteroatoms. The summed E-state index contributed by atoms with van der Waals surface area (Å²) in [6.07, 6.45) is 1.12. The van der Waals surface area contributed by atoms with Crippen LogP contribution >= 0.6 is 0 Å². The molecule has 4 N–H and O–H groups in total. The first-order chi connectivity index (χ1) is 5.52. The van der Waals surface area contributed by atoms with E-state index in [0.717, 1.165) is 6.34 Å². The van der Waals surface area contributed by atoms with Gasteiger partial charge in [-0.2, -0.15) is 10.2 Å². The van der Waals surface area contributed by atoms with E-state index in [1.54, 1.807) is 0 Å². The molecule has 0 saturated heterocycles. The number of hydrogen-bond acceptors (Lipinski definition) is 4. The predicted molar refractivity (Wildman–Crippen MR) is 48.6 cm³/mol. The summed E-state index contributed by atoms with van der Waals surface area (Å²) < 4.78 is 0. The van der Waals surface area contributed by atoms with Crippen LogP contribution < -0.4 is 11.7 Å². The van der Waals surface area contributed by atoms with Gasteiger partial charge in [0.2, 0.25) is 0 Å². The van der Waals surface area contributed by atoms with Gasteiger partial charge in [0.1, 0.15) is 0 Å². The van der Waals surface area contributed by atoms with Crippen LogP contribution in [-0.4, -0.2) is 12.2 Å². The van der Waals surface area contributed by atoms with Crippen molar-refractivity contribution in [2.75, 3.05) is 0 Å². The van der Waals surface area contributed by atoms with E-state index >= 15 is 0 Å². The van der Waals surface area contributed by atoms with Crippen molar-refractivity contribution < 1.29 is 0 Å². The molecule has 0 aliphatic carbocycles. The highest BCUT2D eigenvalue weighted by Crippen LogP contribution is 2.16. The minimum absolute atomic E-state index is 0.222. The van der Waals surface area contributed by atoms with Gasteiger partial charge in [-0.15, -0.1) is 10.2 Å². The maximum atomic E-state index is 5.10. The van der Waals surface area contributed by atoms with Crippen LogP contribution in [0.2, 0.25) is 0 Å². The molecule has 0 aromatic carbocycles. The van der Waals surface area contributed by atoms with Gasteiger partial charge in [-0.3, -0.25) is 0 Å². The molecule has 0 heterocycles. The minimum Gasteiger partial charge on any atom is -0.322 e. The molecule has 0 bridgehead atoms. The number of hydrazone groups is 2. The summed E-state index contributed by atoms with van der Waals surface area (Å²) in [7, 11) is 0. The highest BCUT2D eigenvalue weighted by Gasteiger charge is 2.18. The van der Waals surface area contributed by atoms with Gasteiger partial charge in [-0.25, -0.2) is 0 Å². The van der Waals surface area contributed by atoms with Crippen LogP contribution in [0.5, 0.6) is 0 Å². The normalized spacial score (nSPS) is 14.8. The van der Waals surface area contributed by atoms with Crippen LogP contribution in [0.4, 0.5) is 0 Å². The summed E-state index contributed by atoms with van der Waals surface area (Å²) >= 11 is 0. The Labute approximate surface area is 71.4 Å².